The van der Waals surface area contributed by atoms with Gasteiger partial charge in [0.15, 0.2) is 5.65 Å². The highest BCUT2D eigenvalue weighted by molar-refractivity contribution is 5.69. The quantitative estimate of drug-likeness (QED) is 0.866. The zero-order valence-electron chi connectivity index (χ0n) is 11.5. The minimum atomic E-state index is -0.379. The fourth-order valence-electron chi connectivity index (χ4n) is 4.11. The normalized spacial score (nSPS) is 28.6. The molecule has 2 aliphatic rings. The van der Waals surface area contributed by atoms with E-state index in [0.29, 0.717) is 29.5 Å². The van der Waals surface area contributed by atoms with E-state index < -0.39 is 0 Å². The number of aromatic nitrogens is 4. The first-order valence-electron chi connectivity index (χ1n) is 7.40. The number of fused-ring (bicyclic) bond motifs is 3. The third kappa shape index (κ3) is 1.53. The van der Waals surface area contributed by atoms with Crippen molar-refractivity contribution in [1.82, 2.24) is 19.5 Å². The topological polar surface area (TPSA) is 83.5 Å². The summed E-state index contributed by atoms with van der Waals surface area (Å²) in [5, 5.41) is 0. The van der Waals surface area contributed by atoms with Gasteiger partial charge in [0.05, 0.1) is 0 Å². The van der Waals surface area contributed by atoms with Gasteiger partial charge in [-0.25, -0.2) is 9.78 Å². The minimum Gasteiger partial charge on any atom is -0.336 e. The Kier molecular flexibility index (Phi) is 2.43. The molecule has 2 N–H and O–H groups in total. The van der Waals surface area contributed by atoms with E-state index in [1.807, 2.05) is 6.92 Å². The summed E-state index contributed by atoms with van der Waals surface area (Å²) in [5.41, 5.74) is 0.191. The van der Waals surface area contributed by atoms with Crippen LogP contribution in [0.15, 0.2) is 9.59 Å². The zero-order chi connectivity index (χ0) is 13.9. The van der Waals surface area contributed by atoms with Gasteiger partial charge in [-0.1, -0.05) is 6.42 Å². The van der Waals surface area contributed by atoms with Crippen molar-refractivity contribution in [1.29, 1.82) is 0 Å². The van der Waals surface area contributed by atoms with Crippen LogP contribution in [-0.4, -0.2) is 19.5 Å². The maximum absolute atomic E-state index is 11.9. The van der Waals surface area contributed by atoms with Gasteiger partial charge in [0.1, 0.15) is 11.3 Å². The summed E-state index contributed by atoms with van der Waals surface area (Å²) in [7, 11) is 0. The van der Waals surface area contributed by atoms with Gasteiger partial charge in [0.25, 0.3) is 5.56 Å². The van der Waals surface area contributed by atoms with Crippen LogP contribution in [0.3, 0.4) is 0 Å². The molecule has 6 heteroatoms. The van der Waals surface area contributed by atoms with Crippen molar-refractivity contribution in [3.05, 3.63) is 26.7 Å². The largest absolute Gasteiger partial charge is 0.336 e. The Morgan fingerprint density at radius 2 is 2.10 bits per heavy atom. The highest BCUT2D eigenvalue weighted by atomic mass is 16.2. The van der Waals surface area contributed by atoms with E-state index in [2.05, 4.69) is 15.0 Å². The highest BCUT2D eigenvalue weighted by Crippen LogP contribution is 2.52. The smallest absolute Gasteiger partial charge is 0.330 e. The first kappa shape index (κ1) is 11.9. The number of aromatic amines is 2. The molecule has 2 heterocycles. The summed E-state index contributed by atoms with van der Waals surface area (Å²) in [6.45, 7) is 2.39. The average Bonchev–Trinajstić information content (AvgIpc) is 3.13. The molecule has 4 rings (SSSR count). The van der Waals surface area contributed by atoms with Crippen LogP contribution in [0.5, 0.6) is 0 Å². The molecule has 3 unspecified atom stereocenters. The first-order valence-corrected chi connectivity index (χ1v) is 7.40. The van der Waals surface area contributed by atoms with E-state index in [0.717, 1.165) is 11.7 Å². The Labute approximate surface area is 115 Å². The predicted octanol–water partition coefficient (Wildman–Crippen LogP) is 1.34. The molecule has 2 fully saturated rings. The van der Waals surface area contributed by atoms with Crippen LogP contribution in [0.2, 0.25) is 0 Å². The maximum Gasteiger partial charge on any atom is 0.330 e. The first-order chi connectivity index (χ1) is 9.67. The number of hydrogen-bond donors (Lipinski definition) is 2. The van der Waals surface area contributed by atoms with Crippen LogP contribution in [-0.2, 0) is 6.54 Å². The van der Waals surface area contributed by atoms with Gasteiger partial charge in [0, 0.05) is 12.5 Å². The fraction of sp³-hybridized carbons (Fsp3) is 0.643. The molecule has 6 nitrogen and oxygen atoms in total. The predicted molar refractivity (Wildman–Crippen MR) is 74.8 cm³/mol. The van der Waals surface area contributed by atoms with Gasteiger partial charge in [0.2, 0.25) is 0 Å². The number of H-pyrrole nitrogens is 2. The molecule has 3 atom stereocenters. The van der Waals surface area contributed by atoms with Crippen LogP contribution in [0.4, 0.5) is 0 Å². The summed E-state index contributed by atoms with van der Waals surface area (Å²) in [6.07, 6.45) is 5.06. The molecular formula is C14H18N4O2. The number of nitrogens with one attached hydrogen (secondary N) is 2. The molecule has 0 aliphatic heterocycles. The summed E-state index contributed by atoms with van der Waals surface area (Å²) >= 11 is 0. The molecule has 2 aromatic heterocycles. The van der Waals surface area contributed by atoms with Gasteiger partial charge in [-0.2, -0.15) is 0 Å². The van der Waals surface area contributed by atoms with Crippen molar-refractivity contribution in [2.75, 3.05) is 0 Å². The summed E-state index contributed by atoms with van der Waals surface area (Å²) in [4.78, 5) is 33.8. The van der Waals surface area contributed by atoms with E-state index in [1.165, 1.54) is 30.3 Å². The summed E-state index contributed by atoms with van der Waals surface area (Å²) < 4.78 is 1.52. The standard InChI is InChI=1S/C14H18N4O2/c1-2-18-12-10(13(19)17-14(18)20)15-11(16-12)9-6-7-3-4-8(9)5-7/h7-9H,2-6H2,1H3,(H,15,16)(H,17,19,20). The van der Waals surface area contributed by atoms with Crippen molar-refractivity contribution in [2.24, 2.45) is 11.8 Å². The molecule has 0 saturated heterocycles. The molecule has 0 radical (unpaired) electrons. The summed E-state index contributed by atoms with van der Waals surface area (Å²) in [5.74, 6) is 2.85. The van der Waals surface area contributed by atoms with Gasteiger partial charge < -0.3 is 4.98 Å². The number of nitrogens with zero attached hydrogens (tertiary/aromatic N) is 2. The lowest BCUT2D eigenvalue weighted by Crippen LogP contribution is -2.29. The second kappa shape index (κ2) is 4.07. The molecule has 2 saturated carbocycles. The van der Waals surface area contributed by atoms with Crippen LogP contribution in [0, 0.1) is 11.8 Å². The molecule has 20 heavy (non-hydrogen) atoms. The SMILES string of the molecule is CCn1c(=O)[nH]c(=O)c2[nH]c(C3CC4CCC3C4)nc21. The summed E-state index contributed by atoms with van der Waals surface area (Å²) in [6, 6.07) is 0. The van der Waals surface area contributed by atoms with Crippen molar-refractivity contribution >= 4 is 11.2 Å². The van der Waals surface area contributed by atoms with Crippen molar-refractivity contribution in [3.8, 4) is 0 Å². The minimum absolute atomic E-state index is 0.364. The Morgan fingerprint density at radius 1 is 1.25 bits per heavy atom. The highest BCUT2D eigenvalue weighted by Gasteiger charge is 2.41. The average molecular weight is 274 g/mol. The molecule has 2 aromatic rings. The number of hydrogen-bond acceptors (Lipinski definition) is 3. The van der Waals surface area contributed by atoms with Crippen LogP contribution in [0.1, 0.15) is 44.3 Å². The molecular weight excluding hydrogens is 256 g/mol. The lowest BCUT2D eigenvalue weighted by atomic mass is 9.88. The molecule has 0 aromatic carbocycles. The third-order valence-corrected chi connectivity index (χ3v) is 5.06. The van der Waals surface area contributed by atoms with E-state index in [1.54, 1.807) is 0 Å². The van der Waals surface area contributed by atoms with Gasteiger partial charge in [-0.3, -0.25) is 14.3 Å². The molecule has 2 aliphatic carbocycles. The lowest BCUT2D eigenvalue weighted by molar-refractivity contribution is 0.408. The van der Waals surface area contributed by atoms with Crippen LogP contribution < -0.4 is 11.2 Å². The van der Waals surface area contributed by atoms with E-state index in [9.17, 15) is 9.59 Å². The van der Waals surface area contributed by atoms with Crippen LogP contribution in [0.25, 0.3) is 11.2 Å². The third-order valence-electron chi connectivity index (χ3n) is 5.06. The lowest BCUT2D eigenvalue weighted by Gasteiger charge is -2.18. The fourth-order valence-corrected chi connectivity index (χ4v) is 4.11. The second-order valence-corrected chi connectivity index (χ2v) is 6.11. The van der Waals surface area contributed by atoms with Crippen molar-refractivity contribution in [2.45, 2.75) is 45.1 Å². The maximum atomic E-state index is 11.9. The van der Waals surface area contributed by atoms with E-state index >= 15 is 0 Å². The number of aryl methyl sites for hydroxylation is 1. The monoisotopic (exact) mass is 274 g/mol. The second-order valence-electron chi connectivity index (χ2n) is 6.11. The Bertz CT molecular complexity index is 785. The van der Waals surface area contributed by atoms with Crippen molar-refractivity contribution in [3.63, 3.8) is 0 Å². The zero-order valence-corrected chi connectivity index (χ0v) is 11.5. The molecule has 0 amide bonds. The Balaban J connectivity index is 1.89. The van der Waals surface area contributed by atoms with Gasteiger partial charge in [-0.15, -0.1) is 0 Å². The van der Waals surface area contributed by atoms with Gasteiger partial charge in [-0.05, 0) is 38.0 Å². The van der Waals surface area contributed by atoms with Crippen molar-refractivity contribution < 1.29 is 0 Å². The number of imidazole rings is 1. The molecule has 106 valence electrons. The van der Waals surface area contributed by atoms with E-state index in [-0.39, 0.29) is 11.2 Å². The number of rotatable bonds is 2. The van der Waals surface area contributed by atoms with Crippen LogP contribution >= 0.6 is 0 Å². The molecule has 2 bridgehead atoms. The van der Waals surface area contributed by atoms with E-state index in [4.69, 9.17) is 0 Å². The Hall–Kier alpha value is -1.85. The molecule has 0 spiro atoms. The van der Waals surface area contributed by atoms with Gasteiger partial charge >= 0.3 is 5.69 Å². The Morgan fingerprint density at radius 3 is 2.75 bits per heavy atom.